The lowest BCUT2D eigenvalue weighted by Crippen LogP contribution is -2.61. The van der Waals surface area contributed by atoms with Gasteiger partial charge in [0, 0.05) is 19.6 Å². The van der Waals surface area contributed by atoms with Crippen LogP contribution in [-0.4, -0.2) is 78.4 Å². The minimum atomic E-state index is -5.17. The molecule has 0 saturated heterocycles. The number of hydrogen-bond acceptors (Lipinski definition) is 5. The molecule has 0 radical (unpaired) electrons. The van der Waals surface area contributed by atoms with E-state index in [4.69, 9.17) is 0 Å². The third-order valence-corrected chi connectivity index (χ3v) is 4.43. The van der Waals surface area contributed by atoms with Gasteiger partial charge >= 0.3 is 12.2 Å². The van der Waals surface area contributed by atoms with Crippen molar-refractivity contribution < 1.29 is 37.1 Å². The highest BCUT2D eigenvalue weighted by atomic mass is 19.4. The Kier molecular flexibility index (Phi) is 10.5. The fourth-order valence-electron chi connectivity index (χ4n) is 2.63. The molecule has 0 saturated carbocycles. The number of nitrogens with one attached hydrogen (secondary N) is 4. The van der Waals surface area contributed by atoms with Gasteiger partial charge in [-0.15, -0.1) is 0 Å². The predicted octanol–water partition coefficient (Wildman–Crippen LogP) is 1.10. The molecule has 0 aliphatic rings. The third kappa shape index (κ3) is 10.8. The number of carbonyl (C=O) groups excluding carboxylic acids is 5. The first-order chi connectivity index (χ1) is 15.1. The van der Waals surface area contributed by atoms with E-state index in [1.54, 1.807) is 41.5 Å². The van der Waals surface area contributed by atoms with Crippen molar-refractivity contribution in [3.05, 3.63) is 0 Å². The molecule has 5 amide bonds. The van der Waals surface area contributed by atoms with Crippen LogP contribution in [0.1, 0.15) is 54.9 Å². The summed E-state index contributed by atoms with van der Waals surface area (Å²) in [6.07, 6.45) is -5.75. The molecule has 10 nitrogen and oxygen atoms in total. The van der Waals surface area contributed by atoms with Crippen LogP contribution in [0, 0.1) is 5.41 Å². The number of nitrogens with zero attached hydrogens (tertiary/aromatic N) is 1. The van der Waals surface area contributed by atoms with Crippen molar-refractivity contribution >= 4 is 29.5 Å². The maximum atomic E-state index is 13.0. The van der Waals surface area contributed by atoms with Gasteiger partial charge in [0.1, 0.15) is 12.1 Å². The van der Waals surface area contributed by atoms with Gasteiger partial charge in [0.15, 0.2) is 0 Å². The Bertz CT molecular complexity index is 785. The third-order valence-electron chi connectivity index (χ3n) is 4.43. The molecule has 0 heterocycles. The summed E-state index contributed by atoms with van der Waals surface area (Å²) in [7, 11) is 2.79. The first kappa shape index (κ1) is 31.1. The highest BCUT2D eigenvalue weighted by Gasteiger charge is 2.43. The Balaban J connectivity index is 5.78. The van der Waals surface area contributed by atoms with E-state index in [9.17, 15) is 37.1 Å². The van der Waals surface area contributed by atoms with Gasteiger partial charge in [0.25, 0.3) is 5.78 Å². The van der Waals surface area contributed by atoms with E-state index >= 15 is 0 Å². The number of halogens is 3. The van der Waals surface area contributed by atoms with Crippen LogP contribution in [0.4, 0.5) is 18.0 Å². The summed E-state index contributed by atoms with van der Waals surface area (Å²) in [5.74, 6) is -4.77. The molecule has 0 rings (SSSR count). The maximum Gasteiger partial charge on any atom is 0.452 e. The van der Waals surface area contributed by atoms with Crippen LogP contribution < -0.4 is 21.3 Å². The van der Waals surface area contributed by atoms with Crippen LogP contribution in [0.25, 0.3) is 0 Å². The molecule has 1 unspecified atom stereocenters. The Morgan fingerprint density at radius 1 is 0.824 bits per heavy atom. The van der Waals surface area contributed by atoms with Crippen LogP contribution >= 0.6 is 0 Å². The topological polar surface area (TPSA) is 137 Å². The number of carbonyl (C=O) groups is 5. The highest BCUT2D eigenvalue weighted by molar-refractivity contribution is 5.97. The molecule has 13 heteroatoms. The molecule has 0 fully saturated rings. The van der Waals surface area contributed by atoms with Crippen LogP contribution in [0.15, 0.2) is 0 Å². The second-order valence-electron chi connectivity index (χ2n) is 10.3. The molecule has 3 atom stereocenters. The highest BCUT2D eigenvalue weighted by Crippen LogP contribution is 2.20. The van der Waals surface area contributed by atoms with E-state index in [1.165, 1.54) is 14.1 Å². The summed E-state index contributed by atoms with van der Waals surface area (Å²) in [6.45, 7) is 11.0. The maximum absolute atomic E-state index is 13.0. The van der Waals surface area contributed by atoms with Crippen LogP contribution in [0.3, 0.4) is 0 Å². The van der Waals surface area contributed by atoms with Crippen molar-refractivity contribution in [2.24, 2.45) is 5.41 Å². The SMILES string of the molecule is CC(NC(=O)[C@H](CC(=O)N(C)C)NC(=O)[C@@H](NC(=O)NC(C)(C)C)C(C)(C)C)C(=O)C(F)(F)F. The smallest absolute Gasteiger partial charge is 0.349 e. The number of alkyl halides is 3. The summed E-state index contributed by atoms with van der Waals surface area (Å²) < 4.78 is 38.0. The predicted molar refractivity (Wildman–Crippen MR) is 119 cm³/mol. The quantitative estimate of drug-likeness (QED) is 0.400. The number of rotatable bonds is 8. The zero-order chi connectivity index (χ0) is 27.2. The summed E-state index contributed by atoms with van der Waals surface area (Å²) in [5.41, 5.74) is -1.45. The summed E-state index contributed by atoms with van der Waals surface area (Å²) in [4.78, 5) is 62.7. The minimum Gasteiger partial charge on any atom is -0.349 e. The molecule has 0 spiro atoms. The second kappa shape index (κ2) is 11.5. The average molecular weight is 496 g/mol. The molecule has 4 N–H and O–H groups in total. The largest absolute Gasteiger partial charge is 0.452 e. The van der Waals surface area contributed by atoms with E-state index in [0.717, 1.165) is 11.8 Å². The van der Waals surface area contributed by atoms with Gasteiger partial charge < -0.3 is 26.2 Å². The standard InChI is InChI=1S/C21H36F3N5O5/c1-11(15(31)21(22,23)24)25-16(32)12(10-13(30)29(8)9)26-17(33)14(19(2,3)4)27-18(34)28-20(5,6)7/h11-12,14H,10H2,1-9H3,(H,25,32)(H,26,33)(H2,27,28,34)/t11?,12-,14+/m0/s1. The molecular weight excluding hydrogens is 459 g/mol. The Labute approximate surface area is 197 Å². The van der Waals surface area contributed by atoms with Crippen molar-refractivity contribution in [3.8, 4) is 0 Å². The molecule has 34 heavy (non-hydrogen) atoms. The lowest BCUT2D eigenvalue weighted by atomic mass is 9.86. The monoisotopic (exact) mass is 495 g/mol. The fraction of sp³-hybridized carbons (Fsp3) is 0.762. The summed E-state index contributed by atoms with van der Waals surface area (Å²) in [5, 5.41) is 9.38. The van der Waals surface area contributed by atoms with Gasteiger partial charge in [0.05, 0.1) is 12.5 Å². The average Bonchev–Trinajstić information content (AvgIpc) is 2.61. The van der Waals surface area contributed by atoms with Gasteiger partial charge in [-0.3, -0.25) is 19.2 Å². The van der Waals surface area contributed by atoms with E-state index in [-0.39, 0.29) is 0 Å². The number of urea groups is 1. The van der Waals surface area contributed by atoms with Crippen molar-refractivity contribution in [2.45, 2.75) is 84.7 Å². The van der Waals surface area contributed by atoms with Gasteiger partial charge in [0.2, 0.25) is 17.7 Å². The number of hydrogen-bond donors (Lipinski definition) is 4. The van der Waals surface area contributed by atoms with E-state index in [2.05, 4.69) is 16.0 Å². The summed E-state index contributed by atoms with van der Waals surface area (Å²) in [6, 6.07) is -5.36. The molecule has 0 aromatic carbocycles. The van der Waals surface area contributed by atoms with E-state index in [0.29, 0.717) is 0 Å². The Morgan fingerprint density at radius 2 is 1.32 bits per heavy atom. The number of ketones is 1. The van der Waals surface area contributed by atoms with Crippen molar-refractivity contribution in [3.63, 3.8) is 0 Å². The first-order valence-corrected chi connectivity index (χ1v) is 10.6. The fourth-order valence-corrected chi connectivity index (χ4v) is 2.63. The number of amides is 5. The van der Waals surface area contributed by atoms with Crippen molar-refractivity contribution in [1.29, 1.82) is 0 Å². The zero-order valence-corrected chi connectivity index (χ0v) is 21.1. The first-order valence-electron chi connectivity index (χ1n) is 10.6. The van der Waals surface area contributed by atoms with Gasteiger partial charge in [-0.05, 0) is 33.1 Å². The van der Waals surface area contributed by atoms with Crippen molar-refractivity contribution in [2.75, 3.05) is 14.1 Å². The van der Waals surface area contributed by atoms with Crippen molar-refractivity contribution in [1.82, 2.24) is 26.2 Å². The molecule has 0 bridgehead atoms. The summed E-state index contributed by atoms with van der Waals surface area (Å²) >= 11 is 0. The normalized spacial score (nSPS) is 14.8. The number of Topliss-reactive ketones (excluding diaryl/α,β-unsaturated/α-hetero) is 1. The second-order valence-corrected chi connectivity index (χ2v) is 10.3. The molecule has 0 aliphatic heterocycles. The zero-order valence-electron chi connectivity index (χ0n) is 21.1. The van der Waals surface area contributed by atoms with Gasteiger partial charge in [-0.2, -0.15) is 13.2 Å². The lowest BCUT2D eigenvalue weighted by Gasteiger charge is -2.33. The molecule has 0 aromatic rings. The molecular formula is C21H36F3N5O5. The van der Waals surface area contributed by atoms with Crippen LogP contribution in [0.5, 0.6) is 0 Å². The Hall–Kier alpha value is -2.86. The van der Waals surface area contributed by atoms with E-state index < -0.39 is 71.2 Å². The van der Waals surface area contributed by atoms with Crippen LogP contribution in [0.2, 0.25) is 0 Å². The molecule has 196 valence electrons. The Morgan fingerprint density at radius 3 is 1.71 bits per heavy atom. The lowest BCUT2D eigenvalue weighted by molar-refractivity contribution is -0.173. The van der Waals surface area contributed by atoms with E-state index in [1.807, 2.05) is 5.32 Å². The van der Waals surface area contributed by atoms with Gasteiger partial charge in [-0.25, -0.2) is 4.79 Å². The molecule has 0 aliphatic carbocycles. The van der Waals surface area contributed by atoms with Crippen LogP contribution in [-0.2, 0) is 19.2 Å². The molecule has 0 aromatic heterocycles. The van der Waals surface area contributed by atoms with Gasteiger partial charge in [-0.1, -0.05) is 20.8 Å². The minimum absolute atomic E-state index is 0.581.